The van der Waals surface area contributed by atoms with Crippen LogP contribution in [0.25, 0.3) is 176 Å². The van der Waals surface area contributed by atoms with E-state index in [2.05, 4.69) is 300 Å². The summed E-state index contributed by atoms with van der Waals surface area (Å²) in [6.07, 6.45) is 0. The second-order valence-electron chi connectivity index (χ2n) is 22.7. The third kappa shape index (κ3) is 7.48. The average molecular weight is 1090 g/mol. The molecule has 0 radical (unpaired) electrons. The highest BCUT2D eigenvalue weighted by Gasteiger charge is 2.23. The minimum absolute atomic E-state index is 0.565. The number of fused-ring (bicyclic) bond motifs is 18. The predicted molar refractivity (Wildman–Crippen MR) is 361 cm³/mol. The van der Waals surface area contributed by atoms with E-state index in [1.165, 1.54) is 86.2 Å². The van der Waals surface area contributed by atoms with Crippen molar-refractivity contribution in [3.05, 3.63) is 297 Å². The van der Waals surface area contributed by atoms with Gasteiger partial charge in [-0.05, 0) is 160 Å². The quantitative estimate of drug-likeness (QED) is 0.149. The van der Waals surface area contributed by atoms with Crippen molar-refractivity contribution < 1.29 is 0 Å². The molecule has 0 atom stereocenters. The van der Waals surface area contributed by atoms with Crippen LogP contribution in [-0.2, 0) is 0 Å². The molecule has 398 valence electrons. The summed E-state index contributed by atoms with van der Waals surface area (Å²) in [4.78, 5) is 16.5. The molecular formula is C81H49N5. The Morgan fingerprint density at radius 1 is 0.163 bits per heavy atom. The molecule has 0 saturated carbocycles. The van der Waals surface area contributed by atoms with Gasteiger partial charge in [0, 0.05) is 49.6 Å². The Morgan fingerprint density at radius 2 is 0.442 bits per heavy atom. The lowest BCUT2D eigenvalue weighted by Gasteiger charge is -2.17. The zero-order valence-corrected chi connectivity index (χ0v) is 46.5. The zero-order chi connectivity index (χ0) is 56.4. The van der Waals surface area contributed by atoms with Gasteiger partial charge < -0.3 is 9.13 Å². The highest BCUT2D eigenvalue weighted by molar-refractivity contribution is 6.32. The molecule has 0 aliphatic heterocycles. The highest BCUT2D eigenvalue weighted by Crippen LogP contribution is 2.46. The van der Waals surface area contributed by atoms with Crippen LogP contribution in [0.2, 0.25) is 0 Å². The van der Waals surface area contributed by atoms with Gasteiger partial charge in [0.15, 0.2) is 17.5 Å². The largest absolute Gasteiger partial charge is 0.309 e. The van der Waals surface area contributed by atoms with Gasteiger partial charge in [0.2, 0.25) is 0 Å². The fourth-order valence-electron chi connectivity index (χ4n) is 14.0. The number of benzene rings is 15. The maximum atomic E-state index is 5.63. The van der Waals surface area contributed by atoms with E-state index in [0.717, 1.165) is 72.4 Å². The molecule has 0 unspecified atom stereocenters. The van der Waals surface area contributed by atoms with Gasteiger partial charge in [-0.3, -0.25) is 0 Å². The molecule has 0 N–H and O–H groups in total. The first-order chi connectivity index (χ1) is 42.6. The number of nitrogens with zero attached hydrogens (tertiary/aromatic N) is 5. The molecule has 0 fully saturated rings. The van der Waals surface area contributed by atoms with Crippen molar-refractivity contribution in [1.82, 2.24) is 24.1 Å². The molecule has 0 aliphatic rings. The first-order valence-electron chi connectivity index (χ1n) is 29.4. The fraction of sp³-hybridized carbons (Fsp3) is 0. The Labute approximate surface area is 494 Å². The van der Waals surface area contributed by atoms with Crippen LogP contribution in [0.5, 0.6) is 0 Å². The first kappa shape index (κ1) is 48.0. The summed E-state index contributed by atoms with van der Waals surface area (Å²) >= 11 is 0. The van der Waals surface area contributed by atoms with Crippen molar-refractivity contribution in [3.63, 3.8) is 0 Å². The Balaban J connectivity index is 0.986. The Hall–Kier alpha value is -11.5. The van der Waals surface area contributed by atoms with E-state index in [0.29, 0.717) is 17.5 Å². The lowest BCUT2D eigenvalue weighted by Crippen LogP contribution is -2.04. The van der Waals surface area contributed by atoms with Crippen LogP contribution in [0, 0.1) is 0 Å². The van der Waals surface area contributed by atoms with E-state index in [9.17, 15) is 0 Å². The summed E-state index contributed by atoms with van der Waals surface area (Å²) in [5.74, 6) is 1.74. The molecule has 18 aromatic rings. The van der Waals surface area contributed by atoms with Crippen molar-refractivity contribution in [2.24, 2.45) is 0 Å². The molecule has 15 aromatic carbocycles. The maximum absolute atomic E-state index is 5.63. The minimum Gasteiger partial charge on any atom is -0.309 e. The monoisotopic (exact) mass is 1090 g/mol. The molecule has 0 bridgehead atoms. The van der Waals surface area contributed by atoms with E-state index >= 15 is 0 Å². The second-order valence-corrected chi connectivity index (χ2v) is 22.7. The number of hydrogen-bond acceptors (Lipinski definition) is 3. The molecule has 18 rings (SSSR count). The van der Waals surface area contributed by atoms with Gasteiger partial charge in [-0.25, -0.2) is 15.0 Å². The predicted octanol–water partition coefficient (Wildman–Crippen LogP) is 21.3. The third-order valence-electron chi connectivity index (χ3n) is 17.8. The molecule has 0 saturated heterocycles. The molecule has 0 spiro atoms. The van der Waals surface area contributed by atoms with Gasteiger partial charge in [0.05, 0.1) is 22.1 Å². The van der Waals surface area contributed by atoms with Crippen LogP contribution in [0.1, 0.15) is 0 Å². The molecule has 0 amide bonds. The molecule has 5 heteroatoms. The summed E-state index contributed by atoms with van der Waals surface area (Å²) in [6.45, 7) is 0. The van der Waals surface area contributed by atoms with Crippen LogP contribution in [0.3, 0.4) is 0 Å². The lowest BCUT2D eigenvalue weighted by atomic mass is 9.92. The normalized spacial score (nSPS) is 12.0. The van der Waals surface area contributed by atoms with Gasteiger partial charge >= 0.3 is 0 Å². The Bertz CT molecular complexity index is 5540. The smallest absolute Gasteiger partial charge is 0.164 e. The van der Waals surface area contributed by atoms with E-state index < -0.39 is 0 Å². The van der Waals surface area contributed by atoms with Crippen LogP contribution < -0.4 is 0 Å². The van der Waals surface area contributed by atoms with Gasteiger partial charge in [-0.15, -0.1) is 0 Å². The SMILES string of the molecule is c1ccc(-c2cc(-c3ccccc3)cc(-c3nc(-c4ccccc4)nc(-c4cc(-n5c6ccccc6c6ccccc65)cc(-n5c6cc7c8ccccc8c8ccccc8c7cc6c6cc7c8ccccc8c8ccccc8c7cc65)c4)n3)c2)cc1. The lowest BCUT2D eigenvalue weighted by molar-refractivity contribution is 1.07. The molecule has 3 heterocycles. The number of hydrogen-bond donors (Lipinski definition) is 0. The highest BCUT2D eigenvalue weighted by atomic mass is 15.0. The van der Waals surface area contributed by atoms with E-state index in [4.69, 9.17) is 15.0 Å². The molecule has 0 aliphatic carbocycles. The summed E-state index contributed by atoms with van der Waals surface area (Å²) in [5.41, 5.74) is 13.4. The van der Waals surface area contributed by atoms with E-state index in [-0.39, 0.29) is 0 Å². The minimum atomic E-state index is 0.565. The number of para-hydroxylation sites is 2. The van der Waals surface area contributed by atoms with Gasteiger partial charge in [0.1, 0.15) is 0 Å². The summed E-state index contributed by atoms with van der Waals surface area (Å²) in [6, 6.07) is 108. The summed E-state index contributed by atoms with van der Waals surface area (Å²) in [5, 5.41) is 19.5. The van der Waals surface area contributed by atoms with Crippen molar-refractivity contribution in [3.8, 4) is 67.8 Å². The van der Waals surface area contributed by atoms with Gasteiger partial charge in [0.25, 0.3) is 0 Å². The average Bonchev–Trinajstić information content (AvgIpc) is 1.57. The zero-order valence-electron chi connectivity index (χ0n) is 46.5. The molecule has 3 aromatic heterocycles. The van der Waals surface area contributed by atoms with Crippen molar-refractivity contribution in [1.29, 1.82) is 0 Å². The van der Waals surface area contributed by atoms with Gasteiger partial charge in [-0.2, -0.15) is 0 Å². The van der Waals surface area contributed by atoms with E-state index in [1.807, 2.05) is 6.07 Å². The second kappa shape index (κ2) is 19.0. The van der Waals surface area contributed by atoms with Crippen LogP contribution in [-0.4, -0.2) is 24.1 Å². The van der Waals surface area contributed by atoms with Crippen LogP contribution in [0.15, 0.2) is 297 Å². The molecular weight excluding hydrogens is 1040 g/mol. The van der Waals surface area contributed by atoms with Crippen molar-refractivity contribution in [2.75, 3.05) is 0 Å². The third-order valence-corrected chi connectivity index (χ3v) is 17.8. The van der Waals surface area contributed by atoms with Crippen LogP contribution >= 0.6 is 0 Å². The topological polar surface area (TPSA) is 48.5 Å². The molecule has 86 heavy (non-hydrogen) atoms. The maximum Gasteiger partial charge on any atom is 0.164 e. The standard InChI is InChI=1S/C81H49N5/c1-4-22-50(23-5-1)53-40-54(51-24-6-2-7-25-51)42-55(41-53)80-82-79(52-26-8-3-9-27-52)83-81(84-80)56-43-57(85-75-38-20-18-36-67(75)68-37-19-21-39-76(68)85)45-58(44-56)86-77-48-71-65-34-16-12-30-61(65)59-28-10-14-32-63(59)69(71)46-73(77)74-47-70-64-33-15-11-29-60(64)62-31-13-17-35-66(62)72(70)49-78(74)86/h1-49H. The van der Waals surface area contributed by atoms with Crippen molar-refractivity contribution >= 4 is 108 Å². The molecule has 5 nitrogen and oxygen atoms in total. The van der Waals surface area contributed by atoms with Crippen LogP contribution in [0.4, 0.5) is 0 Å². The summed E-state index contributed by atoms with van der Waals surface area (Å²) in [7, 11) is 0. The number of rotatable bonds is 7. The van der Waals surface area contributed by atoms with Gasteiger partial charge in [-0.1, -0.05) is 224 Å². The Kier molecular flexibility index (Phi) is 10.6. The van der Waals surface area contributed by atoms with E-state index in [1.54, 1.807) is 0 Å². The fourth-order valence-corrected chi connectivity index (χ4v) is 14.0. The Morgan fingerprint density at radius 3 is 0.837 bits per heavy atom. The van der Waals surface area contributed by atoms with Crippen molar-refractivity contribution in [2.45, 2.75) is 0 Å². The summed E-state index contributed by atoms with van der Waals surface area (Å²) < 4.78 is 4.94. The number of aromatic nitrogens is 5. The first-order valence-corrected chi connectivity index (χ1v) is 29.4.